The van der Waals surface area contributed by atoms with E-state index < -0.39 is 0 Å². The van der Waals surface area contributed by atoms with Gasteiger partial charge in [0.2, 0.25) is 0 Å². The van der Waals surface area contributed by atoms with Gasteiger partial charge in [-0.1, -0.05) is 6.07 Å². The average Bonchev–Trinajstić information content (AvgIpc) is 2.83. The number of nitrogens with two attached hydrogens (primary N) is 1. The number of hydrogen-bond donors (Lipinski definition) is 1. The smallest absolute Gasteiger partial charge is 0.0666 e. The maximum absolute atomic E-state index is 6.05. The molecule has 0 aromatic carbocycles. The van der Waals surface area contributed by atoms with Gasteiger partial charge < -0.3 is 10.5 Å². The van der Waals surface area contributed by atoms with Crippen LogP contribution in [0.25, 0.3) is 0 Å². The Kier molecular flexibility index (Phi) is 4.83. The predicted octanol–water partition coefficient (Wildman–Crippen LogP) is 2.38. The van der Waals surface area contributed by atoms with E-state index in [0.717, 1.165) is 18.1 Å². The summed E-state index contributed by atoms with van der Waals surface area (Å²) in [6.07, 6.45) is 4.61. The Hall–Kier alpha value is -0.580. The number of aromatic nitrogens is 1. The highest BCUT2D eigenvalue weighted by atomic mass is 32.2. The van der Waals surface area contributed by atoms with Gasteiger partial charge in [0.05, 0.1) is 17.0 Å². The first-order chi connectivity index (χ1) is 8.27. The molecule has 1 aliphatic heterocycles. The number of ether oxygens (including phenoxy) is 1. The molecule has 3 nitrogen and oxygen atoms in total. The molecule has 0 aliphatic carbocycles. The van der Waals surface area contributed by atoms with E-state index in [4.69, 9.17) is 10.5 Å². The number of rotatable bonds is 5. The summed E-state index contributed by atoms with van der Waals surface area (Å²) in [5, 5.41) is 0.264. The summed E-state index contributed by atoms with van der Waals surface area (Å²) in [7, 11) is 0. The van der Waals surface area contributed by atoms with Gasteiger partial charge in [-0.2, -0.15) is 0 Å². The number of pyridine rings is 1. The maximum Gasteiger partial charge on any atom is 0.0666 e. The van der Waals surface area contributed by atoms with Crippen molar-refractivity contribution in [2.75, 3.05) is 12.4 Å². The molecule has 4 heteroatoms. The molecule has 1 saturated heterocycles. The third-order valence-corrected chi connectivity index (χ3v) is 4.54. The largest absolute Gasteiger partial charge is 0.377 e. The third-order valence-electron chi connectivity index (χ3n) is 2.94. The molecule has 17 heavy (non-hydrogen) atoms. The maximum atomic E-state index is 6.05. The Balaban J connectivity index is 1.93. The lowest BCUT2D eigenvalue weighted by atomic mass is 10.2. The van der Waals surface area contributed by atoms with E-state index >= 15 is 0 Å². The Morgan fingerprint density at radius 1 is 1.59 bits per heavy atom. The molecule has 2 N–H and O–H groups in total. The van der Waals surface area contributed by atoms with Gasteiger partial charge in [0.25, 0.3) is 0 Å². The molecule has 1 fully saturated rings. The molecule has 0 amide bonds. The van der Waals surface area contributed by atoms with Gasteiger partial charge in [0, 0.05) is 24.6 Å². The molecular weight excluding hydrogens is 232 g/mol. The highest BCUT2D eigenvalue weighted by Gasteiger charge is 2.22. The van der Waals surface area contributed by atoms with Gasteiger partial charge in [-0.25, -0.2) is 0 Å². The molecule has 2 rings (SSSR count). The molecular formula is C13H20N2OS. The van der Waals surface area contributed by atoms with Gasteiger partial charge in [0.1, 0.15) is 0 Å². The topological polar surface area (TPSA) is 48.1 Å². The molecule has 0 saturated carbocycles. The third kappa shape index (κ3) is 3.69. The van der Waals surface area contributed by atoms with Crippen molar-refractivity contribution in [2.45, 2.75) is 37.2 Å². The van der Waals surface area contributed by atoms with E-state index in [9.17, 15) is 0 Å². The van der Waals surface area contributed by atoms with Crippen LogP contribution >= 0.6 is 11.8 Å². The molecule has 0 radical (unpaired) electrons. The van der Waals surface area contributed by atoms with Crippen LogP contribution in [0.2, 0.25) is 0 Å². The van der Waals surface area contributed by atoms with Crippen LogP contribution in [-0.2, 0) is 4.74 Å². The lowest BCUT2D eigenvalue weighted by molar-refractivity contribution is 0.128. The molecule has 1 aliphatic rings. The van der Waals surface area contributed by atoms with Crippen LogP contribution in [0.3, 0.4) is 0 Å². The van der Waals surface area contributed by atoms with Crippen molar-refractivity contribution in [1.29, 1.82) is 0 Å². The zero-order valence-corrected chi connectivity index (χ0v) is 11.0. The van der Waals surface area contributed by atoms with Crippen LogP contribution in [0.15, 0.2) is 24.4 Å². The van der Waals surface area contributed by atoms with Gasteiger partial charge in [0.15, 0.2) is 0 Å². The van der Waals surface area contributed by atoms with Crippen molar-refractivity contribution in [3.05, 3.63) is 30.1 Å². The molecule has 94 valence electrons. The molecule has 1 aromatic heterocycles. The monoisotopic (exact) mass is 252 g/mol. The highest BCUT2D eigenvalue weighted by Crippen LogP contribution is 2.32. The lowest BCUT2D eigenvalue weighted by Gasteiger charge is -2.21. The number of nitrogens with zero attached hydrogens (tertiary/aromatic N) is 1. The minimum atomic E-state index is 0.108. The van der Waals surface area contributed by atoms with Gasteiger partial charge >= 0.3 is 0 Å². The van der Waals surface area contributed by atoms with Crippen molar-refractivity contribution in [2.24, 2.45) is 5.73 Å². The van der Waals surface area contributed by atoms with Crippen LogP contribution < -0.4 is 5.73 Å². The van der Waals surface area contributed by atoms with E-state index in [0.29, 0.717) is 6.10 Å². The Morgan fingerprint density at radius 3 is 3.06 bits per heavy atom. The zero-order valence-electron chi connectivity index (χ0n) is 10.2. The van der Waals surface area contributed by atoms with Crippen molar-refractivity contribution >= 4 is 11.8 Å². The van der Waals surface area contributed by atoms with Gasteiger partial charge in [-0.15, -0.1) is 11.8 Å². The van der Waals surface area contributed by atoms with Crippen LogP contribution in [-0.4, -0.2) is 29.5 Å². The first kappa shape index (κ1) is 12.9. The van der Waals surface area contributed by atoms with Crippen LogP contribution in [0.4, 0.5) is 0 Å². The molecule has 1 aromatic rings. The minimum absolute atomic E-state index is 0.108. The van der Waals surface area contributed by atoms with E-state index in [1.807, 2.05) is 37.0 Å². The standard InChI is InChI=1S/C13H20N2OS/c1-10(14)13(12-6-2-3-7-15-12)17-9-11-5-4-8-16-11/h2-3,6-7,10-11,13H,4-5,8-9,14H2,1H3. The summed E-state index contributed by atoms with van der Waals surface area (Å²) in [6, 6.07) is 6.11. The fraction of sp³-hybridized carbons (Fsp3) is 0.615. The van der Waals surface area contributed by atoms with Crippen LogP contribution in [0.5, 0.6) is 0 Å². The zero-order chi connectivity index (χ0) is 12.1. The fourth-order valence-corrected chi connectivity index (χ4v) is 3.34. The molecule has 0 spiro atoms. The summed E-state index contributed by atoms with van der Waals surface area (Å²) in [4.78, 5) is 4.40. The Bertz CT molecular complexity index is 325. The van der Waals surface area contributed by atoms with E-state index in [1.165, 1.54) is 12.8 Å². The second-order valence-corrected chi connectivity index (χ2v) is 5.68. The highest BCUT2D eigenvalue weighted by molar-refractivity contribution is 7.99. The Morgan fingerprint density at radius 2 is 2.47 bits per heavy atom. The fourth-order valence-electron chi connectivity index (χ4n) is 2.04. The average molecular weight is 252 g/mol. The second-order valence-electron chi connectivity index (χ2n) is 4.50. The molecule has 3 unspecified atom stereocenters. The summed E-state index contributed by atoms with van der Waals surface area (Å²) in [5.74, 6) is 1.02. The van der Waals surface area contributed by atoms with Gasteiger partial charge in [-0.3, -0.25) is 4.98 Å². The van der Waals surface area contributed by atoms with E-state index in [-0.39, 0.29) is 11.3 Å². The van der Waals surface area contributed by atoms with E-state index in [2.05, 4.69) is 11.1 Å². The SMILES string of the molecule is CC(N)C(SCC1CCCO1)c1ccccn1. The van der Waals surface area contributed by atoms with Crippen molar-refractivity contribution in [1.82, 2.24) is 4.98 Å². The summed E-state index contributed by atoms with van der Waals surface area (Å²) >= 11 is 1.87. The molecule has 0 bridgehead atoms. The first-order valence-corrected chi connectivity index (χ1v) is 7.22. The normalized spacial score (nSPS) is 23.5. The van der Waals surface area contributed by atoms with Crippen molar-refractivity contribution < 1.29 is 4.74 Å². The van der Waals surface area contributed by atoms with E-state index in [1.54, 1.807) is 0 Å². The Labute approximate surface area is 107 Å². The van der Waals surface area contributed by atoms with Gasteiger partial charge in [-0.05, 0) is 31.9 Å². The minimum Gasteiger partial charge on any atom is -0.377 e. The first-order valence-electron chi connectivity index (χ1n) is 6.17. The van der Waals surface area contributed by atoms with Crippen LogP contribution in [0.1, 0.15) is 30.7 Å². The van der Waals surface area contributed by atoms with Crippen LogP contribution in [0, 0.1) is 0 Å². The second kappa shape index (κ2) is 6.38. The summed E-state index contributed by atoms with van der Waals surface area (Å²) in [6.45, 7) is 2.96. The number of thioether (sulfide) groups is 1. The van der Waals surface area contributed by atoms with Crippen molar-refractivity contribution in [3.8, 4) is 0 Å². The predicted molar refractivity (Wildman–Crippen MR) is 72.1 cm³/mol. The summed E-state index contributed by atoms with van der Waals surface area (Å²) < 4.78 is 5.64. The molecule has 2 heterocycles. The quantitative estimate of drug-likeness (QED) is 0.874. The lowest BCUT2D eigenvalue weighted by Crippen LogP contribution is -2.24. The van der Waals surface area contributed by atoms with Crippen molar-refractivity contribution in [3.63, 3.8) is 0 Å². The number of hydrogen-bond acceptors (Lipinski definition) is 4. The summed E-state index contributed by atoms with van der Waals surface area (Å²) in [5.41, 5.74) is 7.13. The molecule has 3 atom stereocenters.